The van der Waals surface area contributed by atoms with Gasteiger partial charge in [-0.3, -0.25) is 4.46 Å². The first-order valence-corrected chi connectivity index (χ1v) is 1.95. The van der Waals surface area contributed by atoms with Crippen LogP contribution in [-0.4, -0.2) is 73.9 Å². The Hall–Kier alpha value is 1.93. The monoisotopic (exact) mass is 206 g/mol. The number of hydrogen-bond donors (Lipinski definition) is 2. The van der Waals surface area contributed by atoms with E-state index in [4.69, 9.17) is 14.1 Å². The summed E-state index contributed by atoms with van der Waals surface area (Å²) >= 11 is 0. The Morgan fingerprint density at radius 1 is 1.43 bits per heavy atom. The summed E-state index contributed by atoms with van der Waals surface area (Å²) < 4.78 is 8.74. The molecule has 0 atom stereocenters. The van der Waals surface area contributed by atoms with Crippen LogP contribution < -0.4 is 0 Å². The minimum absolute atomic E-state index is 0. The quantitative estimate of drug-likeness (QED) is 0.416. The van der Waals surface area contributed by atoms with Crippen LogP contribution in [0.4, 0.5) is 0 Å². The Labute approximate surface area is 97.0 Å². The van der Waals surface area contributed by atoms with Crippen molar-refractivity contribution < 1.29 is 34.0 Å². The maximum Gasteiger partial charge on any atom is 2.00 e. The molecule has 7 heavy (non-hydrogen) atoms. The van der Waals surface area contributed by atoms with Crippen LogP contribution in [0.2, 0.25) is 0 Å². The van der Waals surface area contributed by atoms with Crippen LogP contribution in [0, 0.1) is 0 Å². The van der Waals surface area contributed by atoms with Gasteiger partial charge in [0.15, 0.2) is 17.4 Å². The van der Waals surface area contributed by atoms with E-state index in [-0.39, 0.29) is 75.0 Å². The van der Waals surface area contributed by atoms with E-state index in [2.05, 4.69) is 0 Å². The topological polar surface area (TPSA) is 57.5 Å². The van der Waals surface area contributed by atoms with E-state index in [1.807, 2.05) is 0 Å². The second kappa shape index (κ2) is 15.7. The molecule has 0 saturated heterocycles. The van der Waals surface area contributed by atoms with E-state index in [9.17, 15) is 0 Å². The smallest absolute Gasteiger partial charge is 1.00 e. The molecule has 0 aromatic heterocycles. The molecule has 0 aliphatic heterocycles. The Morgan fingerprint density at radius 2 is 1.43 bits per heavy atom. The molecule has 0 aromatic carbocycles. The Morgan fingerprint density at radius 3 is 1.43 bits per heavy atom. The van der Waals surface area contributed by atoms with Crippen molar-refractivity contribution >= 4 is 64.3 Å². The molecule has 2 N–H and O–H groups in total. The summed E-state index contributed by atoms with van der Waals surface area (Å²) in [5.74, 6) is 0. The molecule has 0 aliphatic carbocycles. The van der Waals surface area contributed by atoms with E-state index in [1.54, 1.807) is 0 Å². The molecule has 0 aromatic rings. The minimum Gasteiger partial charge on any atom is -1.00 e. The van der Waals surface area contributed by atoms with Crippen molar-refractivity contribution in [2.45, 2.75) is 0 Å². The van der Waals surface area contributed by atoms with Crippen molar-refractivity contribution in [3.63, 3.8) is 0 Å². The third kappa shape index (κ3) is 74.9. The molecule has 0 bridgehead atoms. The van der Waals surface area contributed by atoms with Gasteiger partial charge < -0.3 is 12.4 Å². The van der Waals surface area contributed by atoms with Gasteiger partial charge in [0.05, 0.1) is 0 Å². The van der Waals surface area contributed by atoms with Crippen molar-refractivity contribution in [1.29, 1.82) is 0 Å². The molecule has 42 valence electrons. The summed E-state index contributed by atoms with van der Waals surface area (Å²) in [4.78, 5) is 14.3. The minimum atomic E-state index is -3.13. The van der Waals surface area contributed by atoms with Gasteiger partial charge in [0.25, 0.3) is 0 Å². The van der Waals surface area contributed by atoms with Crippen molar-refractivity contribution in [2.24, 2.45) is 0 Å². The van der Waals surface area contributed by atoms with Gasteiger partial charge in [0.1, 0.15) is 0 Å². The van der Waals surface area contributed by atoms with E-state index < -0.39 is 9.17 Å². The molecular formula is H7AlCaFeO3Si. The van der Waals surface area contributed by atoms with Gasteiger partial charge in [0.2, 0.25) is 0 Å². The van der Waals surface area contributed by atoms with Crippen LogP contribution in [0.15, 0.2) is 0 Å². The summed E-state index contributed by atoms with van der Waals surface area (Å²) in [6.45, 7) is 0. The van der Waals surface area contributed by atoms with Crippen LogP contribution in [0.1, 0.15) is 2.85 Å². The van der Waals surface area contributed by atoms with Gasteiger partial charge in [-0.2, -0.15) is 0 Å². The molecule has 3 nitrogen and oxygen atoms in total. The largest absolute Gasteiger partial charge is 2.00 e. The molecule has 0 amide bonds. The SMILES string of the molecule is O=[Si](O)O.[AlH3].[Ca+2].[Fe].[H-].[H-]. The van der Waals surface area contributed by atoms with Crippen molar-refractivity contribution in [1.82, 2.24) is 0 Å². The molecule has 0 rings (SSSR count). The van der Waals surface area contributed by atoms with Crippen LogP contribution >= 0.6 is 0 Å². The molecule has 0 unspecified atom stereocenters. The predicted octanol–water partition coefficient (Wildman–Crippen LogP) is -2.96. The molecule has 0 radical (unpaired) electrons. The van der Waals surface area contributed by atoms with Crippen molar-refractivity contribution in [3.8, 4) is 0 Å². The Kier molecular flexibility index (Phi) is 51.7. The van der Waals surface area contributed by atoms with E-state index in [0.717, 1.165) is 0 Å². The second-order valence-electron chi connectivity index (χ2n) is 0.283. The average molecular weight is 206 g/mol. The third-order valence-electron chi connectivity index (χ3n) is 0. The van der Waals surface area contributed by atoms with Crippen molar-refractivity contribution in [2.75, 3.05) is 0 Å². The van der Waals surface area contributed by atoms with Crippen LogP contribution in [0.25, 0.3) is 0 Å². The normalized spacial score (nSPS) is 3.43. The predicted molar refractivity (Wildman–Crippen MR) is 28.8 cm³/mol. The standard InChI is InChI=1S/Al.Ca.Fe.H2O3Si.5H/c;;;1-4(2)3;;;;;/h;;;1-2H;;;;;/q;+2;;;;;;2*-1. The second-order valence-corrected chi connectivity index (χ2v) is 0.848. The first-order chi connectivity index (χ1) is 1.73. The molecule has 0 spiro atoms. The van der Waals surface area contributed by atoms with Crippen LogP contribution in [-0.2, 0) is 21.5 Å². The van der Waals surface area contributed by atoms with E-state index in [0.29, 0.717) is 0 Å². The fourth-order valence-corrected chi connectivity index (χ4v) is 0. The fourth-order valence-electron chi connectivity index (χ4n) is 0. The van der Waals surface area contributed by atoms with Gasteiger partial charge in [0, 0.05) is 17.1 Å². The number of rotatable bonds is 0. The van der Waals surface area contributed by atoms with Gasteiger partial charge in [-0.05, 0) is 0 Å². The molecule has 0 heterocycles. The molecule has 7 heteroatoms. The summed E-state index contributed by atoms with van der Waals surface area (Å²) in [5.41, 5.74) is 0. The maximum atomic E-state index is 8.74. The third-order valence-corrected chi connectivity index (χ3v) is 0. The van der Waals surface area contributed by atoms with E-state index >= 15 is 0 Å². The van der Waals surface area contributed by atoms with E-state index in [1.165, 1.54) is 0 Å². The van der Waals surface area contributed by atoms with Gasteiger partial charge in [-0.1, -0.05) is 0 Å². The molecule has 0 saturated carbocycles. The molecule has 0 aliphatic rings. The summed E-state index contributed by atoms with van der Waals surface area (Å²) in [6.07, 6.45) is 0. The summed E-state index contributed by atoms with van der Waals surface area (Å²) in [5, 5.41) is 0. The fraction of sp³-hybridized carbons (Fsp3) is 0. The zero-order valence-electron chi connectivity index (χ0n) is 4.86. The maximum absolute atomic E-state index is 8.74. The average Bonchev–Trinajstić information content (AvgIpc) is 0.811. The first kappa shape index (κ1) is 23.1. The Balaban J connectivity index is -0.00000000450. The number of hydrogen-bond acceptors (Lipinski definition) is 1. The molecular weight excluding hydrogens is 199 g/mol. The zero-order chi connectivity index (χ0) is 3.58. The van der Waals surface area contributed by atoms with Crippen LogP contribution in [0.3, 0.4) is 0 Å². The Bertz CT molecular complexity index is 44.8. The zero-order valence-corrected chi connectivity index (χ0v) is 7.18. The first-order valence-electron chi connectivity index (χ1n) is 0.651. The van der Waals surface area contributed by atoms with Gasteiger partial charge in [-0.25, -0.2) is 0 Å². The van der Waals surface area contributed by atoms with Gasteiger partial charge >= 0.3 is 46.9 Å². The summed E-state index contributed by atoms with van der Waals surface area (Å²) in [7, 11) is -3.13. The van der Waals surface area contributed by atoms with Crippen molar-refractivity contribution in [3.05, 3.63) is 0 Å². The molecule has 0 fully saturated rings. The van der Waals surface area contributed by atoms with Gasteiger partial charge in [-0.15, -0.1) is 0 Å². The summed E-state index contributed by atoms with van der Waals surface area (Å²) in [6, 6.07) is 0. The van der Waals surface area contributed by atoms with Crippen LogP contribution in [0.5, 0.6) is 0 Å².